The van der Waals surface area contributed by atoms with Crippen molar-refractivity contribution in [2.45, 2.75) is 0 Å². The fourth-order valence-electron chi connectivity index (χ4n) is 0.844. The summed E-state index contributed by atoms with van der Waals surface area (Å²) in [6.07, 6.45) is 3.16. The van der Waals surface area contributed by atoms with Gasteiger partial charge in [0.2, 0.25) is 5.91 Å². The zero-order chi connectivity index (χ0) is 10.6. The Hall–Kier alpha value is -1.29. The molecule has 0 saturated heterocycles. The summed E-state index contributed by atoms with van der Waals surface area (Å²) in [5.41, 5.74) is 0.743. The summed E-state index contributed by atoms with van der Waals surface area (Å²) in [5.74, 6) is 0.00461. The van der Waals surface area contributed by atoms with E-state index in [0.29, 0.717) is 5.02 Å². The van der Waals surface area contributed by atoms with E-state index in [0.717, 1.165) is 5.69 Å². The molecule has 1 aromatic heterocycles. The number of likely N-dealkylation sites (N-methyl/N-ethyl adjacent to an activating group) is 1. The maximum atomic E-state index is 11.2. The van der Waals surface area contributed by atoms with Crippen LogP contribution in [-0.4, -0.2) is 36.4 Å². The Morgan fingerprint density at radius 2 is 2.29 bits per heavy atom. The highest BCUT2D eigenvalue weighted by Crippen LogP contribution is 2.12. The summed E-state index contributed by atoms with van der Waals surface area (Å²) in [7, 11) is 3.42. The molecule has 1 rings (SSSR count). The van der Waals surface area contributed by atoms with Crippen LogP contribution in [0.25, 0.3) is 0 Å². The summed E-state index contributed by atoms with van der Waals surface area (Å²) in [5, 5.41) is 3.48. The summed E-state index contributed by atoms with van der Waals surface area (Å²) in [6.45, 7) is 0.245. The molecule has 1 N–H and O–H groups in total. The maximum absolute atomic E-state index is 11.2. The molecule has 0 unspecified atom stereocenters. The van der Waals surface area contributed by atoms with Crippen LogP contribution in [-0.2, 0) is 4.79 Å². The molecule has 0 aliphatic heterocycles. The highest BCUT2D eigenvalue weighted by Gasteiger charge is 2.02. The van der Waals surface area contributed by atoms with Gasteiger partial charge in [-0.1, -0.05) is 11.6 Å². The number of amides is 1. The molecule has 0 radical (unpaired) electrons. The lowest BCUT2D eigenvalue weighted by molar-refractivity contribution is -0.126. The molecule has 76 valence electrons. The van der Waals surface area contributed by atoms with Crippen LogP contribution < -0.4 is 5.32 Å². The molecule has 0 aromatic carbocycles. The van der Waals surface area contributed by atoms with Crippen molar-refractivity contribution in [3.8, 4) is 0 Å². The molecule has 0 bridgehead atoms. The van der Waals surface area contributed by atoms with Crippen molar-refractivity contribution >= 4 is 23.2 Å². The van der Waals surface area contributed by atoms with Gasteiger partial charge in [-0.15, -0.1) is 0 Å². The molecule has 1 aromatic rings. The summed E-state index contributed by atoms with van der Waals surface area (Å²) in [6, 6.07) is 1.72. The van der Waals surface area contributed by atoms with E-state index in [9.17, 15) is 4.79 Å². The average molecular weight is 214 g/mol. The lowest BCUT2D eigenvalue weighted by Gasteiger charge is -2.11. The van der Waals surface area contributed by atoms with E-state index >= 15 is 0 Å². The second kappa shape index (κ2) is 4.81. The predicted molar refractivity (Wildman–Crippen MR) is 56.4 cm³/mol. The lowest BCUT2D eigenvalue weighted by atomic mass is 10.4. The Morgan fingerprint density at radius 1 is 1.57 bits per heavy atom. The molecule has 0 aliphatic rings. The van der Waals surface area contributed by atoms with Gasteiger partial charge >= 0.3 is 0 Å². The van der Waals surface area contributed by atoms with Gasteiger partial charge in [-0.3, -0.25) is 9.78 Å². The average Bonchev–Trinajstić information content (AvgIpc) is 2.14. The third-order valence-corrected chi connectivity index (χ3v) is 1.85. The van der Waals surface area contributed by atoms with Gasteiger partial charge in [0.25, 0.3) is 0 Å². The van der Waals surface area contributed by atoms with Crippen molar-refractivity contribution in [3.05, 3.63) is 23.5 Å². The van der Waals surface area contributed by atoms with Crippen molar-refractivity contribution < 1.29 is 4.79 Å². The van der Waals surface area contributed by atoms with Crippen LogP contribution in [0.15, 0.2) is 18.5 Å². The van der Waals surface area contributed by atoms with E-state index in [1.54, 1.807) is 32.6 Å². The minimum Gasteiger partial charge on any atom is -0.375 e. The molecular weight excluding hydrogens is 202 g/mol. The van der Waals surface area contributed by atoms with Crippen LogP contribution in [0.2, 0.25) is 5.02 Å². The van der Waals surface area contributed by atoms with E-state index < -0.39 is 0 Å². The minimum absolute atomic E-state index is 0.00461. The third-order valence-electron chi connectivity index (χ3n) is 1.65. The molecule has 0 fully saturated rings. The molecule has 0 aliphatic carbocycles. The predicted octanol–water partition coefficient (Wildman–Crippen LogP) is 1.24. The number of rotatable bonds is 3. The Balaban J connectivity index is 2.50. The summed E-state index contributed by atoms with van der Waals surface area (Å²) in [4.78, 5) is 16.6. The number of pyridine rings is 1. The summed E-state index contributed by atoms with van der Waals surface area (Å²) < 4.78 is 0. The molecule has 14 heavy (non-hydrogen) atoms. The second-order valence-corrected chi connectivity index (χ2v) is 3.47. The van der Waals surface area contributed by atoms with Gasteiger partial charge in [-0.25, -0.2) is 0 Å². The number of carbonyl (C=O) groups excluding carboxylic acids is 1. The van der Waals surface area contributed by atoms with E-state index in [4.69, 9.17) is 11.6 Å². The Bertz CT molecular complexity index is 328. The zero-order valence-corrected chi connectivity index (χ0v) is 8.88. The monoisotopic (exact) mass is 213 g/mol. The highest BCUT2D eigenvalue weighted by atomic mass is 35.5. The first-order valence-corrected chi connectivity index (χ1v) is 4.52. The van der Waals surface area contributed by atoms with Gasteiger partial charge in [-0.2, -0.15) is 0 Å². The van der Waals surface area contributed by atoms with Crippen LogP contribution in [0.4, 0.5) is 5.69 Å². The number of hydrogen-bond acceptors (Lipinski definition) is 3. The van der Waals surface area contributed by atoms with Crippen LogP contribution in [0.3, 0.4) is 0 Å². The fourth-order valence-corrected chi connectivity index (χ4v) is 1.02. The van der Waals surface area contributed by atoms with Gasteiger partial charge in [0.05, 0.1) is 23.5 Å². The Labute approximate surface area is 87.9 Å². The van der Waals surface area contributed by atoms with E-state index in [1.165, 1.54) is 4.90 Å². The van der Waals surface area contributed by atoms with Crippen LogP contribution in [0.5, 0.6) is 0 Å². The quantitative estimate of drug-likeness (QED) is 0.822. The van der Waals surface area contributed by atoms with Gasteiger partial charge in [-0.05, 0) is 6.07 Å². The number of nitrogens with zero attached hydrogens (tertiary/aromatic N) is 2. The highest BCUT2D eigenvalue weighted by molar-refractivity contribution is 6.30. The first-order valence-electron chi connectivity index (χ1n) is 4.14. The third kappa shape index (κ3) is 3.22. The van der Waals surface area contributed by atoms with Crippen molar-refractivity contribution in [1.29, 1.82) is 0 Å². The standard InChI is InChI=1S/C9H12ClN3O/c1-13(2)9(14)6-12-8-3-7(10)4-11-5-8/h3-5,12H,6H2,1-2H3. The zero-order valence-electron chi connectivity index (χ0n) is 8.12. The number of halogens is 1. The van der Waals surface area contributed by atoms with E-state index in [-0.39, 0.29) is 12.5 Å². The topological polar surface area (TPSA) is 45.2 Å². The van der Waals surface area contributed by atoms with Gasteiger partial charge in [0.1, 0.15) is 0 Å². The second-order valence-electron chi connectivity index (χ2n) is 3.03. The molecule has 0 spiro atoms. The van der Waals surface area contributed by atoms with Gasteiger partial charge < -0.3 is 10.2 Å². The van der Waals surface area contributed by atoms with Crippen LogP contribution in [0, 0.1) is 0 Å². The minimum atomic E-state index is 0.00461. The SMILES string of the molecule is CN(C)C(=O)CNc1cncc(Cl)c1. The molecule has 4 nitrogen and oxygen atoms in total. The molecule has 0 atom stereocenters. The molecule has 1 amide bonds. The number of hydrogen-bond donors (Lipinski definition) is 1. The van der Waals surface area contributed by atoms with E-state index in [1.807, 2.05) is 0 Å². The molecular formula is C9H12ClN3O. The normalized spacial score (nSPS) is 9.64. The van der Waals surface area contributed by atoms with Crippen molar-refractivity contribution in [3.63, 3.8) is 0 Å². The van der Waals surface area contributed by atoms with Crippen molar-refractivity contribution in [2.75, 3.05) is 26.0 Å². The Morgan fingerprint density at radius 3 is 2.86 bits per heavy atom. The number of carbonyl (C=O) groups is 1. The Kier molecular flexibility index (Phi) is 3.71. The number of nitrogens with one attached hydrogen (secondary N) is 1. The van der Waals surface area contributed by atoms with Crippen LogP contribution in [0.1, 0.15) is 0 Å². The fraction of sp³-hybridized carbons (Fsp3) is 0.333. The van der Waals surface area contributed by atoms with E-state index in [2.05, 4.69) is 10.3 Å². The number of anilines is 1. The first-order chi connectivity index (χ1) is 6.59. The lowest BCUT2D eigenvalue weighted by Crippen LogP contribution is -2.28. The van der Waals surface area contributed by atoms with Gasteiger partial charge in [0, 0.05) is 20.3 Å². The van der Waals surface area contributed by atoms with Crippen molar-refractivity contribution in [2.24, 2.45) is 0 Å². The number of aromatic nitrogens is 1. The molecule has 5 heteroatoms. The largest absolute Gasteiger partial charge is 0.375 e. The molecule has 0 saturated carbocycles. The van der Waals surface area contributed by atoms with Crippen LogP contribution >= 0.6 is 11.6 Å². The smallest absolute Gasteiger partial charge is 0.241 e. The van der Waals surface area contributed by atoms with Gasteiger partial charge in [0.15, 0.2) is 0 Å². The maximum Gasteiger partial charge on any atom is 0.241 e. The molecule has 1 heterocycles. The summed E-state index contributed by atoms with van der Waals surface area (Å²) >= 11 is 5.72. The first kappa shape index (κ1) is 10.8. The van der Waals surface area contributed by atoms with Crippen molar-refractivity contribution in [1.82, 2.24) is 9.88 Å².